The third-order valence-electron chi connectivity index (χ3n) is 6.63. The van der Waals surface area contributed by atoms with Crippen molar-refractivity contribution in [2.45, 2.75) is 44.8 Å². The van der Waals surface area contributed by atoms with E-state index < -0.39 is 0 Å². The number of rotatable bonds is 4. The number of benzene rings is 2. The Bertz CT molecular complexity index is 1060. The number of cyclic esters (lactones) is 1. The molecule has 2 amide bonds. The van der Waals surface area contributed by atoms with E-state index in [0.717, 1.165) is 66.8 Å². The van der Waals surface area contributed by atoms with Crippen molar-refractivity contribution >= 4 is 29.2 Å². The van der Waals surface area contributed by atoms with Crippen LogP contribution in [0.4, 0.5) is 16.2 Å². The number of amides is 2. The van der Waals surface area contributed by atoms with E-state index in [-0.39, 0.29) is 23.8 Å². The van der Waals surface area contributed by atoms with Crippen LogP contribution in [0, 0.1) is 0 Å². The molecule has 2 aromatic carbocycles. The van der Waals surface area contributed by atoms with E-state index in [2.05, 4.69) is 10.2 Å². The molecule has 166 valence electrons. The molecule has 5 rings (SSSR count). The van der Waals surface area contributed by atoms with Gasteiger partial charge in [0, 0.05) is 42.4 Å². The number of aryl methyl sites for hydroxylation is 1. The number of fused-ring (bicyclic) bond motifs is 2. The third kappa shape index (κ3) is 4.12. The zero-order valence-corrected chi connectivity index (χ0v) is 18.0. The summed E-state index contributed by atoms with van der Waals surface area (Å²) in [5, 5.41) is 2.97. The number of hydrogen-bond acceptors (Lipinski definition) is 5. The van der Waals surface area contributed by atoms with Gasteiger partial charge in [-0.3, -0.25) is 19.4 Å². The number of anilines is 2. The van der Waals surface area contributed by atoms with E-state index >= 15 is 0 Å². The number of ether oxygens (including phenoxy) is 1. The minimum absolute atomic E-state index is 0.0618. The summed E-state index contributed by atoms with van der Waals surface area (Å²) in [6, 6.07) is 13.5. The minimum Gasteiger partial charge on any atom is -0.444 e. The van der Waals surface area contributed by atoms with Crippen LogP contribution in [0.5, 0.6) is 0 Å². The number of likely N-dealkylation sites (tertiary alicyclic amines) is 1. The Labute approximate surface area is 187 Å². The fourth-order valence-electron chi connectivity index (χ4n) is 4.98. The fraction of sp³-hybridized carbons (Fsp3) is 0.400. The van der Waals surface area contributed by atoms with Gasteiger partial charge in [-0.15, -0.1) is 0 Å². The van der Waals surface area contributed by atoms with Gasteiger partial charge in [0.1, 0.15) is 6.61 Å². The van der Waals surface area contributed by atoms with Crippen molar-refractivity contribution < 1.29 is 19.1 Å². The highest BCUT2D eigenvalue weighted by molar-refractivity contribution is 5.99. The first kappa shape index (κ1) is 20.7. The number of Topliss-reactive ketones (excluding diaryl/α,β-unsaturated/α-hetero) is 1. The predicted octanol–water partition coefficient (Wildman–Crippen LogP) is 3.77. The van der Waals surface area contributed by atoms with Gasteiger partial charge >= 0.3 is 6.09 Å². The molecule has 0 unspecified atom stereocenters. The largest absolute Gasteiger partial charge is 0.444 e. The van der Waals surface area contributed by atoms with Crippen molar-refractivity contribution in [3.8, 4) is 0 Å². The number of nitrogens with one attached hydrogen (secondary N) is 1. The molecule has 0 saturated carbocycles. The number of para-hydroxylation sites is 1. The van der Waals surface area contributed by atoms with E-state index in [0.29, 0.717) is 19.6 Å². The fourth-order valence-corrected chi connectivity index (χ4v) is 4.98. The number of piperidine rings is 1. The summed E-state index contributed by atoms with van der Waals surface area (Å²) < 4.78 is 5.36. The summed E-state index contributed by atoms with van der Waals surface area (Å²) in [4.78, 5) is 40.9. The molecule has 2 heterocycles. The summed E-state index contributed by atoms with van der Waals surface area (Å²) in [5.74, 6) is 0.125. The quantitative estimate of drug-likeness (QED) is 0.794. The number of ketones is 1. The molecule has 0 atom stereocenters. The number of carbonyl (C=O) groups is 3. The van der Waals surface area contributed by atoms with Gasteiger partial charge in [0.05, 0.1) is 12.2 Å². The average molecular weight is 434 g/mol. The first-order valence-electron chi connectivity index (χ1n) is 11.3. The molecular formula is C25H27N3O4. The van der Waals surface area contributed by atoms with E-state index in [9.17, 15) is 14.4 Å². The maximum atomic E-state index is 12.6. The Morgan fingerprint density at radius 3 is 2.69 bits per heavy atom. The van der Waals surface area contributed by atoms with Crippen LogP contribution in [0.1, 0.15) is 47.2 Å². The SMILES string of the molecule is O=C(CN1CCC(N2C(=O)OCc3ccccc32)CC1)Nc1ccc2c(c1)CCCC2=O. The molecule has 3 aliphatic rings. The van der Waals surface area contributed by atoms with Gasteiger partial charge in [-0.25, -0.2) is 4.79 Å². The molecule has 2 aliphatic heterocycles. The minimum atomic E-state index is -0.286. The lowest BCUT2D eigenvalue weighted by atomic mass is 9.90. The van der Waals surface area contributed by atoms with E-state index in [4.69, 9.17) is 4.74 Å². The van der Waals surface area contributed by atoms with Crippen molar-refractivity contribution in [1.82, 2.24) is 4.90 Å². The van der Waals surface area contributed by atoms with Crippen LogP contribution in [-0.2, 0) is 22.6 Å². The van der Waals surface area contributed by atoms with Crippen molar-refractivity contribution in [2.75, 3.05) is 29.9 Å². The highest BCUT2D eigenvalue weighted by Gasteiger charge is 2.34. The normalized spacial score (nSPS) is 19.2. The molecule has 7 heteroatoms. The van der Waals surface area contributed by atoms with E-state index in [1.807, 2.05) is 42.5 Å². The average Bonchev–Trinajstić information content (AvgIpc) is 2.80. The van der Waals surface area contributed by atoms with Crippen LogP contribution in [0.3, 0.4) is 0 Å². The van der Waals surface area contributed by atoms with Gasteiger partial charge in [0.2, 0.25) is 5.91 Å². The van der Waals surface area contributed by atoms with Crippen LogP contribution >= 0.6 is 0 Å². The molecule has 1 aliphatic carbocycles. The standard InChI is InChI=1S/C25H27N3O4/c29-23-7-3-5-17-14-19(8-9-21(17)23)26-24(30)15-27-12-10-20(11-13-27)28-22-6-2-1-4-18(22)16-32-25(28)31/h1-2,4,6,8-9,14,20H,3,5,7,10-13,15-16H2,(H,26,30). The predicted molar refractivity (Wildman–Crippen MR) is 121 cm³/mol. The third-order valence-corrected chi connectivity index (χ3v) is 6.63. The van der Waals surface area contributed by atoms with Gasteiger partial charge < -0.3 is 10.1 Å². The molecule has 0 aromatic heterocycles. The molecule has 1 fully saturated rings. The molecule has 0 radical (unpaired) electrons. The first-order valence-corrected chi connectivity index (χ1v) is 11.3. The molecule has 0 bridgehead atoms. The number of carbonyl (C=O) groups excluding carboxylic acids is 3. The second kappa shape index (κ2) is 8.74. The summed E-state index contributed by atoms with van der Waals surface area (Å²) >= 11 is 0. The van der Waals surface area contributed by atoms with Gasteiger partial charge in [0.15, 0.2) is 5.78 Å². The molecule has 2 aromatic rings. The molecular weight excluding hydrogens is 406 g/mol. The van der Waals surface area contributed by atoms with Crippen molar-refractivity contribution in [3.05, 3.63) is 59.2 Å². The molecule has 32 heavy (non-hydrogen) atoms. The summed E-state index contributed by atoms with van der Waals surface area (Å²) in [6.45, 7) is 2.11. The van der Waals surface area contributed by atoms with Gasteiger partial charge in [-0.1, -0.05) is 18.2 Å². The van der Waals surface area contributed by atoms with Gasteiger partial charge in [-0.05, 0) is 55.5 Å². The second-order valence-electron chi connectivity index (χ2n) is 8.76. The lowest BCUT2D eigenvalue weighted by Gasteiger charge is -2.40. The highest BCUT2D eigenvalue weighted by Crippen LogP contribution is 2.31. The maximum absolute atomic E-state index is 12.6. The van der Waals surface area contributed by atoms with Crippen LogP contribution in [0.25, 0.3) is 0 Å². The number of nitrogens with zero attached hydrogens (tertiary/aromatic N) is 2. The Kier molecular flexibility index (Phi) is 5.66. The van der Waals surface area contributed by atoms with E-state index in [1.165, 1.54) is 0 Å². The first-order chi connectivity index (χ1) is 15.6. The summed E-state index contributed by atoms with van der Waals surface area (Å²) in [5.41, 5.74) is 4.51. The summed E-state index contributed by atoms with van der Waals surface area (Å²) in [6.07, 6.45) is 3.64. The monoisotopic (exact) mass is 433 g/mol. The van der Waals surface area contributed by atoms with Gasteiger partial charge in [-0.2, -0.15) is 0 Å². The topological polar surface area (TPSA) is 79.0 Å². The Hall–Kier alpha value is -3.19. The lowest BCUT2D eigenvalue weighted by molar-refractivity contribution is -0.117. The van der Waals surface area contributed by atoms with Crippen LogP contribution < -0.4 is 10.2 Å². The molecule has 1 N–H and O–H groups in total. The van der Waals surface area contributed by atoms with Crippen molar-refractivity contribution in [3.63, 3.8) is 0 Å². The van der Waals surface area contributed by atoms with E-state index in [1.54, 1.807) is 4.90 Å². The smallest absolute Gasteiger partial charge is 0.414 e. The van der Waals surface area contributed by atoms with Gasteiger partial charge in [0.25, 0.3) is 0 Å². The van der Waals surface area contributed by atoms with Crippen LogP contribution in [0.2, 0.25) is 0 Å². The van der Waals surface area contributed by atoms with Crippen LogP contribution in [0.15, 0.2) is 42.5 Å². The molecule has 0 spiro atoms. The Balaban J connectivity index is 1.17. The maximum Gasteiger partial charge on any atom is 0.414 e. The summed E-state index contributed by atoms with van der Waals surface area (Å²) in [7, 11) is 0. The van der Waals surface area contributed by atoms with Crippen molar-refractivity contribution in [2.24, 2.45) is 0 Å². The molecule has 7 nitrogen and oxygen atoms in total. The zero-order valence-electron chi connectivity index (χ0n) is 18.0. The molecule has 1 saturated heterocycles. The van der Waals surface area contributed by atoms with Crippen LogP contribution in [-0.4, -0.2) is 48.4 Å². The lowest BCUT2D eigenvalue weighted by Crippen LogP contribution is -2.50. The second-order valence-corrected chi connectivity index (χ2v) is 8.76. The zero-order chi connectivity index (χ0) is 22.1. The van der Waals surface area contributed by atoms with Crippen molar-refractivity contribution in [1.29, 1.82) is 0 Å². The Morgan fingerprint density at radius 2 is 1.84 bits per heavy atom. The Morgan fingerprint density at radius 1 is 1.03 bits per heavy atom. The number of hydrogen-bond donors (Lipinski definition) is 1. The highest BCUT2D eigenvalue weighted by atomic mass is 16.6.